The molecule has 0 aliphatic heterocycles. The van der Waals surface area contributed by atoms with Crippen molar-refractivity contribution in [1.82, 2.24) is 9.97 Å². The third-order valence-electron chi connectivity index (χ3n) is 3.80. The lowest BCUT2D eigenvalue weighted by atomic mass is 10.1. The molecule has 1 N–H and O–H groups in total. The Hall–Kier alpha value is -3.13. The van der Waals surface area contributed by atoms with Gasteiger partial charge in [-0.2, -0.15) is 4.98 Å². The van der Waals surface area contributed by atoms with Crippen LogP contribution in [0.2, 0.25) is 0 Å². The molecular formula is C20H21N3O4S. The number of sulfonamides is 1. The second-order valence-corrected chi connectivity index (χ2v) is 7.42. The number of hydrogen-bond acceptors (Lipinski definition) is 6. The topological polar surface area (TPSA) is 90.4 Å². The molecule has 0 aliphatic rings. The third kappa shape index (κ3) is 4.58. The van der Waals surface area contributed by atoms with Crippen molar-refractivity contribution >= 4 is 15.7 Å². The molecule has 0 saturated carbocycles. The van der Waals surface area contributed by atoms with Crippen LogP contribution in [0.4, 0.5) is 5.69 Å². The van der Waals surface area contributed by atoms with Crippen molar-refractivity contribution < 1.29 is 17.9 Å². The van der Waals surface area contributed by atoms with Gasteiger partial charge in [0.1, 0.15) is 5.69 Å². The molecular weight excluding hydrogens is 378 g/mol. The Balaban J connectivity index is 1.85. The number of rotatable bonds is 8. The summed E-state index contributed by atoms with van der Waals surface area (Å²) >= 11 is 0. The maximum atomic E-state index is 12.8. The molecule has 0 radical (unpaired) electrons. The highest BCUT2D eigenvalue weighted by atomic mass is 32.2. The fraction of sp³-hybridized carbons (Fsp3) is 0.200. The first kappa shape index (κ1) is 19.6. The quantitative estimate of drug-likeness (QED) is 0.620. The van der Waals surface area contributed by atoms with Crippen molar-refractivity contribution in [2.24, 2.45) is 0 Å². The van der Waals surface area contributed by atoms with Gasteiger partial charge in [0, 0.05) is 0 Å². The van der Waals surface area contributed by atoms with Gasteiger partial charge >= 0.3 is 6.01 Å². The minimum absolute atomic E-state index is 0.116. The SMILES string of the molecule is CCOc1ncc(NS(=O)(=O)c2ccc(-c3ccccc3)cc2)c(OCC)n1. The summed E-state index contributed by atoms with van der Waals surface area (Å²) in [5.41, 5.74) is 2.09. The first-order valence-corrected chi connectivity index (χ1v) is 10.3. The fourth-order valence-corrected chi connectivity index (χ4v) is 3.57. The van der Waals surface area contributed by atoms with E-state index in [4.69, 9.17) is 9.47 Å². The average molecular weight is 399 g/mol. The lowest BCUT2D eigenvalue weighted by Gasteiger charge is -2.13. The highest BCUT2D eigenvalue weighted by molar-refractivity contribution is 7.92. The Morgan fingerprint density at radius 2 is 1.54 bits per heavy atom. The Labute approximate surface area is 164 Å². The average Bonchev–Trinajstić information content (AvgIpc) is 2.71. The van der Waals surface area contributed by atoms with Gasteiger partial charge in [-0.1, -0.05) is 42.5 Å². The molecule has 3 rings (SSSR count). The van der Waals surface area contributed by atoms with Crippen LogP contribution in [0, 0.1) is 0 Å². The molecule has 7 nitrogen and oxygen atoms in total. The van der Waals surface area contributed by atoms with E-state index in [2.05, 4.69) is 14.7 Å². The maximum Gasteiger partial charge on any atom is 0.319 e. The van der Waals surface area contributed by atoms with Crippen LogP contribution in [0.15, 0.2) is 65.7 Å². The van der Waals surface area contributed by atoms with E-state index in [1.807, 2.05) is 30.3 Å². The molecule has 2 aromatic carbocycles. The summed E-state index contributed by atoms with van der Waals surface area (Å²) in [6.45, 7) is 4.30. The Bertz CT molecular complexity index is 1020. The summed E-state index contributed by atoms with van der Waals surface area (Å²) < 4.78 is 38.7. The zero-order valence-electron chi connectivity index (χ0n) is 15.6. The Morgan fingerprint density at radius 1 is 0.893 bits per heavy atom. The number of ether oxygens (including phenoxy) is 2. The second kappa shape index (κ2) is 8.71. The smallest absolute Gasteiger partial charge is 0.319 e. The van der Waals surface area contributed by atoms with E-state index in [0.29, 0.717) is 13.2 Å². The molecule has 0 atom stereocenters. The van der Waals surface area contributed by atoms with Crippen LogP contribution in [0.25, 0.3) is 11.1 Å². The largest absolute Gasteiger partial charge is 0.476 e. The molecule has 0 bridgehead atoms. The number of aromatic nitrogens is 2. The van der Waals surface area contributed by atoms with Crippen LogP contribution in [0.5, 0.6) is 11.9 Å². The predicted molar refractivity (Wildman–Crippen MR) is 107 cm³/mol. The van der Waals surface area contributed by atoms with Crippen molar-refractivity contribution in [1.29, 1.82) is 0 Å². The van der Waals surface area contributed by atoms with Crippen LogP contribution in [-0.2, 0) is 10.0 Å². The van der Waals surface area contributed by atoms with Gasteiger partial charge in [-0.25, -0.2) is 13.4 Å². The van der Waals surface area contributed by atoms with Crippen molar-refractivity contribution in [2.45, 2.75) is 18.7 Å². The van der Waals surface area contributed by atoms with Gasteiger partial charge in [-0.3, -0.25) is 4.72 Å². The van der Waals surface area contributed by atoms with Gasteiger partial charge in [-0.05, 0) is 37.1 Å². The standard InChI is InChI=1S/C20H21N3O4S/c1-3-26-19-18(14-21-20(22-19)27-4-2)23-28(24,25)17-12-10-16(11-13-17)15-8-6-5-7-9-15/h5-14,23H,3-4H2,1-2H3. The van der Waals surface area contributed by atoms with E-state index in [-0.39, 0.29) is 22.5 Å². The molecule has 146 valence electrons. The van der Waals surface area contributed by atoms with Crippen LogP contribution in [0.3, 0.4) is 0 Å². The fourth-order valence-electron chi connectivity index (χ4n) is 2.53. The minimum Gasteiger partial charge on any atom is -0.476 e. The van der Waals surface area contributed by atoms with E-state index < -0.39 is 10.0 Å². The van der Waals surface area contributed by atoms with Gasteiger partial charge in [0.15, 0.2) is 0 Å². The number of anilines is 1. The second-order valence-electron chi connectivity index (χ2n) is 5.73. The van der Waals surface area contributed by atoms with Crippen molar-refractivity contribution in [3.05, 3.63) is 60.8 Å². The van der Waals surface area contributed by atoms with Gasteiger partial charge in [0.2, 0.25) is 5.88 Å². The number of nitrogens with zero attached hydrogens (tertiary/aromatic N) is 2. The van der Waals surface area contributed by atoms with Crippen molar-refractivity contribution in [3.8, 4) is 23.0 Å². The molecule has 3 aromatic rings. The van der Waals surface area contributed by atoms with Gasteiger partial charge in [-0.15, -0.1) is 0 Å². The van der Waals surface area contributed by atoms with E-state index in [1.54, 1.807) is 38.1 Å². The molecule has 0 amide bonds. The number of benzene rings is 2. The molecule has 0 aliphatic carbocycles. The van der Waals surface area contributed by atoms with Crippen molar-refractivity contribution in [2.75, 3.05) is 17.9 Å². The lowest BCUT2D eigenvalue weighted by molar-refractivity contribution is 0.290. The maximum absolute atomic E-state index is 12.8. The zero-order valence-corrected chi connectivity index (χ0v) is 16.4. The molecule has 1 heterocycles. The van der Waals surface area contributed by atoms with Crippen LogP contribution in [0.1, 0.15) is 13.8 Å². The van der Waals surface area contributed by atoms with E-state index >= 15 is 0 Å². The molecule has 0 unspecified atom stereocenters. The summed E-state index contributed by atoms with van der Waals surface area (Å²) in [4.78, 5) is 8.23. The highest BCUT2D eigenvalue weighted by Gasteiger charge is 2.19. The van der Waals surface area contributed by atoms with Crippen LogP contribution < -0.4 is 14.2 Å². The molecule has 0 fully saturated rings. The Kier molecular flexibility index (Phi) is 6.10. The normalized spacial score (nSPS) is 11.1. The number of nitrogens with one attached hydrogen (secondary N) is 1. The minimum atomic E-state index is -3.83. The first-order valence-electron chi connectivity index (χ1n) is 8.84. The third-order valence-corrected chi connectivity index (χ3v) is 5.18. The summed E-state index contributed by atoms with van der Waals surface area (Å²) in [6.07, 6.45) is 1.33. The molecule has 0 saturated heterocycles. The van der Waals surface area contributed by atoms with Crippen LogP contribution in [-0.4, -0.2) is 31.6 Å². The highest BCUT2D eigenvalue weighted by Crippen LogP contribution is 2.27. The summed E-state index contributed by atoms with van der Waals surface area (Å²) in [6, 6.07) is 16.5. The van der Waals surface area contributed by atoms with Crippen LogP contribution >= 0.6 is 0 Å². The molecule has 1 aromatic heterocycles. The molecule has 8 heteroatoms. The predicted octanol–water partition coefficient (Wildman–Crippen LogP) is 3.74. The van der Waals surface area contributed by atoms with Gasteiger partial charge < -0.3 is 9.47 Å². The van der Waals surface area contributed by atoms with E-state index in [1.165, 1.54) is 6.20 Å². The summed E-state index contributed by atoms with van der Waals surface area (Å²) in [5.74, 6) is 0.116. The molecule has 0 spiro atoms. The summed E-state index contributed by atoms with van der Waals surface area (Å²) in [7, 11) is -3.83. The first-order chi connectivity index (χ1) is 13.5. The van der Waals surface area contributed by atoms with E-state index in [9.17, 15) is 8.42 Å². The Morgan fingerprint density at radius 3 is 2.18 bits per heavy atom. The monoisotopic (exact) mass is 399 g/mol. The van der Waals surface area contributed by atoms with E-state index in [0.717, 1.165) is 11.1 Å². The van der Waals surface area contributed by atoms with Gasteiger partial charge in [0.25, 0.3) is 10.0 Å². The molecule has 28 heavy (non-hydrogen) atoms. The van der Waals surface area contributed by atoms with Gasteiger partial charge in [0.05, 0.1) is 24.3 Å². The number of hydrogen-bond donors (Lipinski definition) is 1. The lowest BCUT2D eigenvalue weighted by Crippen LogP contribution is -2.15. The summed E-state index contributed by atoms with van der Waals surface area (Å²) in [5, 5.41) is 0. The zero-order chi connectivity index (χ0) is 20.0. The van der Waals surface area contributed by atoms with Crippen molar-refractivity contribution in [3.63, 3.8) is 0 Å².